The lowest BCUT2D eigenvalue weighted by Gasteiger charge is -1.99. The minimum Gasteiger partial charge on any atom is -0.506 e. The molecule has 0 atom stereocenters. The standard InChI is InChI=1S/C15H13N3O2/c16-12-7-6-11(9-13(12)19)15-17-14(18-20-15)8-10-4-2-1-3-5-10/h1-7,9,19H,8,16H2. The monoisotopic (exact) mass is 267 g/mol. The molecule has 0 aliphatic heterocycles. The van der Waals surface area contributed by atoms with Gasteiger partial charge in [-0.3, -0.25) is 0 Å². The number of nitrogens with zero attached hydrogens (tertiary/aromatic N) is 2. The first-order chi connectivity index (χ1) is 9.72. The molecule has 0 aliphatic rings. The van der Waals surface area contributed by atoms with Crippen LogP contribution in [0.1, 0.15) is 11.4 Å². The normalized spacial score (nSPS) is 10.6. The summed E-state index contributed by atoms with van der Waals surface area (Å²) in [5, 5.41) is 13.5. The van der Waals surface area contributed by atoms with Crippen LogP contribution in [0.15, 0.2) is 53.1 Å². The number of nitrogens with two attached hydrogens (primary N) is 1. The third-order valence-electron chi connectivity index (χ3n) is 2.95. The van der Waals surface area contributed by atoms with E-state index >= 15 is 0 Å². The predicted octanol–water partition coefficient (Wildman–Crippen LogP) is 2.62. The number of hydrogen-bond acceptors (Lipinski definition) is 5. The van der Waals surface area contributed by atoms with Gasteiger partial charge in [0.15, 0.2) is 5.82 Å². The Labute approximate surface area is 115 Å². The molecule has 2 aromatic carbocycles. The van der Waals surface area contributed by atoms with Gasteiger partial charge in [-0.15, -0.1) is 0 Å². The Morgan fingerprint density at radius 2 is 1.90 bits per heavy atom. The first-order valence-electron chi connectivity index (χ1n) is 6.18. The third-order valence-corrected chi connectivity index (χ3v) is 2.95. The molecule has 3 N–H and O–H groups in total. The first-order valence-corrected chi connectivity index (χ1v) is 6.18. The summed E-state index contributed by atoms with van der Waals surface area (Å²) in [6.07, 6.45) is 0.602. The van der Waals surface area contributed by atoms with Crippen LogP contribution < -0.4 is 5.73 Å². The largest absolute Gasteiger partial charge is 0.506 e. The maximum atomic E-state index is 9.59. The van der Waals surface area contributed by atoms with Crippen LogP contribution in [0.2, 0.25) is 0 Å². The van der Waals surface area contributed by atoms with Crippen molar-refractivity contribution in [1.29, 1.82) is 0 Å². The molecule has 5 heteroatoms. The number of aromatic hydroxyl groups is 1. The van der Waals surface area contributed by atoms with Crippen molar-refractivity contribution in [2.75, 3.05) is 5.73 Å². The predicted molar refractivity (Wildman–Crippen MR) is 75.1 cm³/mol. The number of aromatic nitrogens is 2. The van der Waals surface area contributed by atoms with Gasteiger partial charge < -0.3 is 15.4 Å². The van der Waals surface area contributed by atoms with Gasteiger partial charge in [0.25, 0.3) is 5.89 Å². The van der Waals surface area contributed by atoms with E-state index in [1.807, 2.05) is 30.3 Å². The second-order valence-corrected chi connectivity index (χ2v) is 4.45. The average molecular weight is 267 g/mol. The lowest BCUT2D eigenvalue weighted by atomic mass is 10.1. The molecule has 1 heterocycles. The summed E-state index contributed by atoms with van der Waals surface area (Å²) < 4.78 is 5.20. The molecule has 0 fully saturated rings. The quantitative estimate of drug-likeness (QED) is 0.562. The van der Waals surface area contributed by atoms with Crippen LogP contribution in [0.25, 0.3) is 11.5 Å². The average Bonchev–Trinajstić information content (AvgIpc) is 2.91. The number of phenols is 1. The molecule has 0 unspecified atom stereocenters. The van der Waals surface area contributed by atoms with E-state index in [1.165, 1.54) is 6.07 Å². The van der Waals surface area contributed by atoms with E-state index in [0.29, 0.717) is 29.4 Å². The SMILES string of the molecule is Nc1ccc(-c2nc(Cc3ccccc3)no2)cc1O. The van der Waals surface area contributed by atoms with Gasteiger partial charge in [0.05, 0.1) is 5.69 Å². The second kappa shape index (κ2) is 5.05. The van der Waals surface area contributed by atoms with Crippen LogP contribution in [-0.4, -0.2) is 15.2 Å². The maximum absolute atomic E-state index is 9.59. The first kappa shape index (κ1) is 12.2. The highest BCUT2D eigenvalue weighted by Crippen LogP contribution is 2.27. The number of phenolic OH excluding ortho intramolecular Hbond substituents is 1. The molecule has 0 saturated carbocycles. The van der Waals surface area contributed by atoms with Gasteiger partial charge in [-0.25, -0.2) is 0 Å². The fraction of sp³-hybridized carbons (Fsp3) is 0.0667. The highest BCUT2D eigenvalue weighted by atomic mass is 16.5. The highest BCUT2D eigenvalue weighted by molar-refractivity contribution is 5.63. The van der Waals surface area contributed by atoms with E-state index in [0.717, 1.165) is 5.56 Å². The zero-order valence-corrected chi connectivity index (χ0v) is 10.7. The van der Waals surface area contributed by atoms with E-state index in [1.54, 1.807) is 12.1 Å². The van der Waals surface area contributed by atoms with Crippen molar-refractivity contribution in [3.8, 4) is 17.2 Å². The summed E-state index contributed by atoms with van der Waals surface area (Å²) in [6.45, 7) is 0. The van der Waals surface area contributed by atoms with Crippen LogP contribution in [0.3, 0.4) is 0 Å². The van der Waals surface area contributed by atoms with Crippen LogP contribution in [-0.2, 0) is 6.42 Å². The van der Waals surface area contributed by atoms with Gasteiger partial charge in [-0.2, -0.15) is 4.98 Å². The van der Waals surface area contributed by atoms with Crippen molar-refractivity contribution >= 4 is 5.69 Å². The van der Waals surface area contributed by atoms with Gasteiger partial charge in [0.2, 0.25) is 0 Å². The minimum atomic E-state index is 0.00492. The van der Waals surface area contributed by atoms with Crippen molar-refractivity contribution < 1.29 is 9.63 Å². The molecule has 0 spiro atoms. The van der Waals surface area contributed by atoms with Crippen LogP contribution in [0.4, 0.5) is 5.69 Å². The lowest BCUT2D eigenvalue weighted by molar-refractivity contribution is 0.423. The Balaban J connectivity index is 1.84. The zero-order chi connectivity index (χ0) is 13.9. The Hall–Kier alpha value is -2.82. The lowest BCUT2D eigenvalue weighted by Crippen LogP contribution is -1.90. The second-order valence-electron chi connectivity index (χ2n) is 4.45. The maximum Gasteiger partial charge on any atom is 0.258 e. The van der Waals surface area contributed by atoms with Gasteiger partial charge in [0, 0.05) is 12.0 Å². The Bertz CT molecular complexity index is 723. The van der Waals surface area contributed by atoms with Crippen LogP contribution >= 0.6 is 0 Å². The molecule has 0 saturated heterocycles. The molecule has 0 radical (unpaired) electrons. The molecular formula is C15H13N3O2. The smallest absolute Gasteiger partial charge is 0.258 e. The van der Waals surface area contributed by atoms with Crippen molar-refractivity contribution in [3.05, 3.63) is 59.9 Å². The molecular weight excluding hydrogens is 254 g/mol. The number of rotatable bonds is 3. The van der Waals surface area contributed by atoms with Gasteiger partial charge in [0.1, 0.15) is 5.75 Å². The number of nitrogen functional groups attached to an aromatic ring is 1. The molecule has 1 aromatic heterocycles. The van der Waals surface area contributed by atoms with E-state index < -0.39 is 0 Å². The molecule has 20 heavy (non-hydrogen) atoms. The van der Waals surface area contributed by atoms with E-state index in [4.69, 9.17) is 10.3 Å². The van der Waals surface area contributed by atoms with Crippen molar-refractivity contribution in [2.24, 2.45) is 0 Å². The Morgan fingerprint density at radius 3 is 2.65 bits per heavy atom. The Morgan fingerprint density at radius 1 is 1.10 bits per heavy atom. The molecule has 100 valence electrons. The summed E-state index contributed by atoms with van der Waals surface area (Å²) in [7, 11) is 0. The molecule has 3 aromatic rings. The van der Waals surface area contributed by atoms with Crippen molar-refractivity contribution in [1.82, 2.24) is 10.1 Å². The highest BCUT2D eigenvalue weighted by Gasteiger charge is 2.10. The summed E-state index contributed by atoms with van der Waals surface area (Å²) in [5.41, 5.74) is 7.63. The van der Waals surface area contributed by atoms with Gasteiger partial charge >= 0.3 is 0 Å². The van der Waals surface area contributed by atoms with Crippen molar-refractivity contribution in [2.45, 2.75) is 6.42 Å². The summed E-state index contributed by atoms with van der Waals surface area (Å²) in [4.78, 5) is 4.32. The minimum absolute atomic E-state index is 0.00492. The van der Waals surface area contributed by atoms with E-state index in [-0.39, 0.29) is 5.75 Å². The van der Waals surface area contributed by atoms with Gasteiger partial charge in [-0.1, -0.05) is 35.5 Å². The molecule has 0 aliphatic carbocycles. The van der Waals surface area contributed by atoms with Crippen LogP contribution in [0, 0.1) is 0 Å². The summed E-state index contributed by atoms with van der Waals surface area (Å²) in [5.74, 6) is 0.971. The number of hydrogen-bond donors (Lipinski definition) is 2. The third kappa shape index (κ3) is 2.47. The van der Waals surface area contributed by atoms with E-state index in [9.17, 15) is 5.11 Å². The van der Waals surface area contributed by atoms with Crippen LogP contribution in [0.5, 0.6) is 5.75 Å². The fourth-order valence-corrected chi connectivity index (χ4v) is 1.90. The molecule has 5 nitrogen and oxygen atoms in total. The summed E-state index contributed by atoms with van der Waals surface area (Å²) in [6, 6.07) is 14.7. The molecule has 0 amide bonds. The zero-order valence-electron chi connectivity index (χ0n) is 10.7. The number of anilines is 1. The summed E-state index contributed by atoms with van der Waals surface area (Å²) >= 11 is 0. The Kier molecular flexibility index (Phi) is 3.09. The molecule has 3 rings (SSSR count). The van der Waals surface area contributed by atoms with Gasteiger partial charge in [-0.05, 0) is 23.8 Å². The number of benzene rings is 2. The fourth-order valence-electron chi connectivity index (χ4n) is 1.90. The van der Waals surface area contributed by atoms with E-state index in [2.05, 4.69) is 10.1 Å². The van der Waals surface area contributed by atoms with Crippen molar-refractivity contribution in [3.63, 3.8) is 0 Å². The topological polar surface area (TPSA) is 85.2 Å². The molecule has 0 bridgehead atoms.